The summed E-state index contributed by atoms with van der Waals surface area (Å²) in [5, 5.41) is 2.50. The molecule has 1 aliphatic heterocycles. The molecular formula is C55H34N4S. The molecule has 60 heavy (non-hydrogen) atoms. The highest BCUT2D eigenvalue weighted by molar-refractivity contribution is 7.99. The van der Waals surface area contributed by atoms with E-state index in [-0.39, 0.29) is 0 Å². The Labute approximate surface area is 352 Å². The lowest BCUT2D eigenvalue weighted by atomic mass is 9.62. The molecule has 7 aromatic carbocycles. The highest BCUT2D eigenvalue weighted by Crippen LogP contribution is 2.62. The van der Waals surface area contributed by atoms with Gasteiger partial charge < -0.3 is 0 Å². The first-order valence-corrected chi connectivity index (χ1v) is 21.0. The fourth-order valence-corrected chi connectivity index (χ4v) is 10.8. The molecule has 0 saturated carbocycles. The minimum atomic E-state index is -0.673. The van der Waals surface area contributed by atoms with Gasteiger partial charge in [0.15, 0.2) is 5.82 Å². The van der Waals surface area contributed by atoms with Gasteiger partial charge in [0, 0.05) is 50.6 Å². The van der Waals surface area contributed by atoms with Crippen LogP contribution in [0.1, 0.15) is 22.3 Å². The van der Waals surface area contributed by atoms with E-state index in [9.17, 15) is 0 Å². The van der Waals surface area contributed by atoms with E-state index in [0.29, 0.717) is 5.82 Å². The van der Waals surface area contributed by atoms with Crippen LogP contribution in [0.3, 0.4) is 0 Å². The van der Waals surface area contributed by atoms with Crippen molar-refractivity contribution in [1.29, 1.82) is 0 Å². The van der Waals surface area contributed by atoms with Gasteiger partial charge in [0.2, 0.25) is 0 Å². The smallest absolute Gasteiger partial charge is 0.160 e. The van der Waals surface area contributed by atoms with Crippen LogP contribution in [0.5, 0.6) is 0 Å². The zero-order valence-electron chi connectivity index (χ0n) is 32.3. The van der Waals surface area contributed by atoms with E-state index in [1.54, 1.807) is 6.20 Å². The van der Waals surface area contributed by atoms with Gasteiger partial charge in [0.1, 0.15) is 0 Å². The van der Waals surface area contributed by atoms with E-state index in [1.165, 1.54) is 65.1 Å². The summed E-state index contributed by atoms with van der Waals surface area (Å²) in [7, 11) is 0. The number of nitrogens with zero attached hydrogens (tertiary/aromatic N) is 4. The number of aromatic nitrogens is 4. The van der Waals surface area contributed by atoms with Crippen molar-refractivity contribution in [1.82, 2.24) is 19.9 Å². The average Bonchev–Trinajstić information content (AvgIpc) is 3.43. The van der Waals surface area contributed by atoms with E-state index in [2.05, 4.69) is 169 Å². The van der Waals surface area contributed by atoms with E-state index in [0.717, 1.165) is 39.3 Å². The molecule has 3 aromatic heterocycles. The van der Waals surface area contributed by atoms with E-state index >= 15 is 0 Å². The molecule has 0 bridgehead atoms. The Hall–Kier alpha value is -7.47. The van der Waals surface area contributed by atoms with Crippen LogP contribution < -0.4 is 0 Å². The lowest BCUT2D eigenvalue weighted by Gasteiger charge is -2.43. The molecule has 12 rings (SSSR count). The highest BCUT2D eigenvalue weighted by Gasteiger charge is 2.48. The van der Waals surface area contributed by atoms with Crippen LogP contribution >= 0.6 is 11.8 Å². The Morgan fingerprint density at radius 3 is 1.87 bits per heavy atom. The van der Waals surface area contributed by atoms with Crippen molar-refractivity contribution in [2.45, 2.75) is 15.2 Å². The van der Waals surface area contributed by atoms with E-state index in [4.69, 9.17) is 15.0 Å². The fourth-order valence-electron chi connectivity index (χ4n) is 9.43. The molecule has 4 heterocycles. The molecule has 280 valence electrons. The van der Waals surface area contributed by atoms with Crippen molar-refractivity contribution in [3.8, 4) is 67.4 Å². The predicted molar refractivity (Wildman–Crippen MR) is 244 cm³/mol. The maximum Gasteiger partial charge on any atom is 0.160 e. The van der Waals surface area contributed by atoms with Crippen molar-refractivity contribution in [2.24, 2.45) is 0 Å². The number of fused-ring (bicyclic) bond motifs is 13. The Morgan fingerprint density at radius 2 is 1.07 bits per heavy atom. The summed E-state index contributed by atoms with van der Waals surface area (Å²) in [6.07, 6.45) is 5.52. The first kappa shape index (κ1) is 34.6. The van der Waals surface area contributed by atoms with Gasteiger partial charge in [-0.3, -0.25) is 9.97 Å². The molecule has 0 saturated heterocycles. The van der Waals surface area contributed by atoms with Gasteiger partial charge in [0.05, 0.1) is 22.5 Å². The molecule has 1 unspecified atom stereocenters. The minimum Gasteiger partial charge on any atom is -0.264 e. The standard InChI is InChI=1S/C55H34N4S/c1-2-14-36(15-3-1)50-32-51(39-26-29-49(57-34-39)38-16-12-30-56-33-38)59-54(58-50)37-24-27-44-42-19-7-6-18-41(42)43-20-8-9-21-45(43)55(48(44)31-37)46-22-10-11-23-52(46)60-53-40-17-5-4-13-35(40)25-28-47(53)55/h1-34H. The Balaban J connectivity index is 1.15. The Kier molecular flexibility index (Phi) is 7.97. The molecule has 1 atom stereocenters. The van der Waals surface area contributed by atoms with Gasteiger partial charge in [-0.1, -0.05) is 157 Å². The van der Waals surface area contributed by atoms with Crippen LogP contribution in [0.25, 0.3) is 78.2 Å². The maximum atomic E-state index is 5.36. The molecule has 0 radical (unpaired) electrons. The number of hydrogen-bond donors (Lipinski definition) is 0. The van der Waals surface area contributed by atoms with Gasteiger partial charge in [-0.05, 0) is 97.7 Å². The molecular weight excluding hydrogens is 749 g/mol. The molecule has 1 spiro atoms. The number of benzene rings is 7. The Morgan fingerprint density at radius 1 is 0.400 bits per heavy atom. The van der Waals surface area contributed by atoms with Gasteiger partial charge in [-0.2, -0.15) is 0 Å². The first-order valence-electron chi connectivity index (χ1n) is 20.2. The summed E-state index contributed by atoms with van der Waals surface area (Å²) < 4.78 is 0. The second-order valence-corrected chi connectivity index (χ2v) is 16.4. The van der Waals surface area contributed by atoms with Gasteiger partial charge in [-0.25, -0.2) is 9.97 Å². The van der Waals surface area contributed by atoms with Crippen LogP contribution in [0.4, 0.5) is 0 Å². The maximum absolute atomic E-state index is 5.36. The average molecular weight is 783 g/mol. The van der Waals surface area contributed by atoms with Crippen molar-refractivity contribution < 1.29 is 0 Å². The van der Waals surface area contributed by atoms with Crippen molar-refractivity contribution in [3.63, 3.8) is 0 Å². The van der Waals surface area contributed by atoms with Crippen molar-refractivity contribution in [3.05, 3.63) is 229 Å². The highest BCUT2D eigenvalue weighted by atomic mass is 32.2. The number of rotatable bonds is 4. The van der Waals surface area contributed by atoms with E-state index < -0.39 is 5.41 Å². The SMILES string of the molecule is c1ccc(-c2cc(-c3ccc(-c4cccnc4)nc3)nc(-c3ccc4c(c3)C3(c5ccccc5Sc5c3ccc3ccccc53)c3ccccc3-c3ccccc3-4)n2)cc1. The molecule has 5 heteroatoms. The lowest BCUT2D eigenvalue weighted by molar-refractivity contribution is 0.711. The molecule has 1 aliphatic carbocycles. The van der Waals surface area contributed by atoms with Crippen LogP contribution in [0.15, 0.2) is 216 Å². The normalized spacial score (nSPS) is 14.7. The summed E-state index contributed by atoms with van der Waals surface area (Å²) in [5.74, 6) is 0.656. The van der Waals surface area contributed by atoms with E-state index in [1.807, 2.05) is 48.4 Å². The lowest BCUT2D eigenvalue weighted by Crippen LogP contribution is -2.34. The second-order valence-electron chi connectivity index (χ2n) is 15.4. The third-order valence-corrected chi connectivity index (χ3v) is 13.3. The largest absolute Gasteiger partial charge is 0.264 e. The second kappa shape index (κ2) is 13.8. The summed E-state index contributed by atoms with van der Waals surface area (Å²) in [4.78, 5) is 22.4. The van der Waals surface area contributed by atoms with Crippen molar-refractivity contribution in [2.75, 3.05) is 0 Å². The minimum absolute atomic E-state index is 0.656. The zero-order chi connectivity index (χ0) is 39.6. The van der Waals surface area contributed by atoms with Crippen molar-refractivity contribution >= 4 is 22.5 Å². The van der Waals surface area contributed by atoms with Crippen LogP contribution in [-0.4, -0.2) is 19.9 Å². The van der Waals surface area contributed by atoms with Crippen LogP contribution in [-0.2, 0) is 5.41 Å². The zero-order valence-corrected chi connectivity index (χ0v) is 33.1. The van der Waals surface area contributed by atoms with Gasteiger partial charge >= 0.3 is 0 Å². The molecule has 0 amide bonds. The Bertz CT molecular complexity index is 3290. The summed E-state index contributed by atoms with van der Waals surface area (Å²) in [5.41, 5.74) is 15.6. The quantitative estimate of drug-likeness (QED) is 0.178. The monoisotopic (exact) mass is 782 g/mol. The molecule has 0 N–H and O–H groups in total. The molecule has 2 aliphatic rings. The number of pyridine rings is 2. The third kappa shape index (κ3) is 5.33. The van der Waals surface area contributed by atoms with Crippen LogP contribution in [0.2, 0.25) is 0 Å². The first-order chi connectivity index (χ1) is 29.7. The topological polar surface area (TPSA) is 51.6 Å². The fraction of sp³-hybridized carbons (Fsp3) is 0.0182. The molecule has 0 fully saturated rings. The third-order valence-electron chi connectivity index (χ3n) is 12.1. The summed E-state index contributed by atoms with van der Waals surface area (Å²) in [6, 6.07) is 67.9. The summed E-state index contributed by atoms with van der Waals surface area (Å²) >= 11 is 1.88. The predicted octanol–water partition coefficient (Wildman–Crippen LogP) is 13.6. The van der Waals surface area contributed by atoms with Gasteiger partial charge in [0.25, 0.3) is 0 Å². The number of hydrogen-bond acceptors (Lipinski definition) is 5. The van der Waals surface area contributed by atoms with Gasteiger partial charge in [-0.15, -0.1) is 0 Å². The summed E-state index contributed by atoms with van der Waals surface area (Å²) in [6.45, 7) is 0. The van der Waals surface area contributed by atoms with Crippen LogP contribution in [0, 0.1) is 0 Å². The molecule has 4 nitrogen and oxygen atoms in total. The molecule has 10 aromatic rings.